The molecule has 1 saturated heterocycles. The molecule has 0 amide bonds. The minimum absolute atomic E-state index is 0.721. The predicted octanol–water partition coefficient (Wildman–Crippen LogP) is 4.62. The Morgan fingerprint density at radius 3 is 2.83 bits per heavy atom. The smallest absolute Gasteiger partial charge is 0.00152 e. The maximum atomic E-state index is 3.65. The highest BCUT2D eigenvalue weighted by atomic mass is 14.9. The molecule has 0 aromatic carbocycles. The van der Waals surface area contributed by atoms with Crippen LogP contribution in [-0.4, -0.2) is 13.1 Å². The molecule has 1 saturated carbocycles. The van der Waals surface area contributed by atoms with Gasteiger partial charge in [-0.3, -0.25) is 0 Å². The van der Waals surface area contributed by atoms with Crippen molar-refractivity contribution in [3.8, 4) is 0 Å². The van der Waals surface area contributed by atoms with Gasteiger partial charge in [0, 0.05) is 0 Å². The van der Waals surface area contributed by atoms with Crippen molar-refractivity contribution in [1.82, 2.24) is 5.32 Å². The molecule has 1 nitrogen and oxygen atoms in total. The summed E-state index contributed by atoms with van der Waals surface area (Å²) in [5, 5.41) is 3.65. The second kappa shape index (κ2) is 6.41. The van der Waals surface area contributed by atoms with Crippen LogP contribution in [0.25, 0.3) is 0 Å². The maximum absolute atomic E-state index is 3.65. The molecule has 1 aliphatic carbocycles. The van der Waals surface area contributed by atoms with Crippen molar-refractivity contribution < 1.29 is 0 Å². The predicted molar refractivity (Wildman–Crippen MR) is 79.7 cm³/mol. The van der Waals surface area contributed by atoms with Gasteiger partial charge >= 0.3 is 0 Å². The van der Waals surface area contributed by atoms with E-state index in [0.29, 0.717) is 0 Å². The van der Waals surface area contributed by atoms with Crippen LogP contribution in [0.2, 0.25) is 0 Å². The van der Waals surface area contributed by atoms with E-state index in [1.165, 1.54) is 64.5 Å². The SMILES string of the molecule is CCCC1CNCCC12CCCC(CC(C)C)C2. The Labute approximate surface area is 114 Å². The molecule has 0 bridgehead atoms. The van der Waals surface area contributed by atoms with Gasteiger partial charge in [0.25, 0.3) is 0 Å². The van der Waals surface area contributed by atoms with Crippen molar-refractivity contribution in [2.24, 2.45) is 23.2 Å². The number of hydrogen-bond donors (Lipinski definition) is 1. The summed E-state index contributed by atoms with van der Waals surface area (Å²) in [6.07, 6.45) is 11.8. The van der Waals surface area contributed by atoms with Crippen LogP contribution in [0.1, 0.15) is 72.1 Å². The van der Waals surface area contributed by atoms with E-state index in [4.69, 9.17) is 0 Å². The van der Waals surface area contributed by atoms with Gasteiger partial charge in [0.1, 0.15) is 0 Å². The summed E-state index contributed by atoms with van der Waals surface area (Å²) in [6, 6.07) is 0. The minimum Gasteiger partial charge on any atom is -0.316 e. The molecule has 0 aromatic heterocycles. The summed E-state index contributed by atoms with van der Waals surface area (Å²) in [6.45, 7) is 9.72. The van der Waals surface area contributed by atoms with E-state index in [9.17, 15) is 0 Å². The van der Waals surface area contributed by atoms with Crippen molar-refractivity contribution in [1.29, 1.82) is 0 Å². The highest BCUT2D eigenvalue weighted by molar-refractivity contribution is 4.95. The largest absolute Gasteiger partial charge is 0.316 e. The van der Waals surface area contributed by atoms with E-state index >= 15 is 0 Å². The van der Waals surface area contributed by atoms with E-state index in [2.05, 4.69) is 26.1 Å². The van der Waals surface area contributed by atoms with E-state index in [-0.39, 0.29) is 0 Å². The van der Waals surface area contributed by atoms with Gasteiger partial charge in [0.05, 0.1) is 0 Å². The van der Waals surface area contributed by atoms with E-state index in [0.717, 1.165) is 23.2 Å². The molecule has 18 heavy (non-hydrogen) atoms. The monoisotopic (exact) mass is 251 g/mol. The summed E-state index contributed by atoms with van der Waals surface area (Å²) in [4.78, 5) is 0. The third-order valence-corrected chi connectivity index (χ3v) is 5.48. The van der Waals surface area contributed by atoms with Gasteiger partial charge in [0.2, 0.25) is 0 Å². The first-order valence-electron chi connectivity index (χ1n) is 8.37. The zero-order valence-corrected chi connectivity index (χ0v) is 12.8. The molecule has 2 fully saturated rings. The van der Waals surface area contributed by atoms with Crippen LogP contribution in [0.4, 0.5) is 0 Å². The average molecular weight is 251 g/mol. The Morgan fingerprint density at radius 1 is 1.28 bits per heavy atom. The molecule has 2 rings (SSSR count). The topological polar surface area (TPSA) is 12.0 Å². The lowest BCUT2D eigenvalue weighted by molar-refractivity contribution is 0.0227. The molecule has 106 valence electrons. The number of piperidine rings is 1. The third-order valence-electron chi connectivity index (χ3n) is 5.48. The molecular formula is C17H33N. The van der Waals surface area contributed by atoms with Gasteiger partial charge < -0.3 is 5.32 Å². The third kappa shape index (κ3) is 3.29. The first-order valence-corrected chi connectivity index (χ1v) is 8.37. The maximum Gasteiger partial charge on any atom is -0.00152 e. The van der Waals surface area contributed by atoms with Crippen LogP contribution in [0.15, 0.2) is 0 Å². The zero-order valence-electron chi connectivity index (χ0n) is 12.8. The number of hydrogen-bond acceptors (Lipinski definition) is 1. The normalized spacial score (nSPS) is 37.3. The van der Waals surface area contributed by atoms with Gasteiger partial charge in [-0.05, 0) is 68.4 Å². The highest BCUT2D eigenvalue weighted by Gasteiger charge is 2.43. The van der Waals surface area contributed by atoms with Crippen molar-refractivity contribution in [2.45, 2.75) is 72.1 Å². The molecule has 1 heterocycles. The van der Waals surface area contributed by atoms with Crippen LogP contribution >= 0.6 is 0 Å². The standard InChI is InChI=1S/C17H33N/c1-4-6-16-13-18-10-9-17(16)8-5-7-15(12-17)11-14(2)3/h14-16,18H,4-13H2,1-3H3. The summed E-state index contributed by atoms with van der Waals surface area (Å²) in [5.41, 5.74) is 0.721. The average Bonchev–Trinajstić information content (AvgIpc) is 2.32. The Bertz CT molecular complexity index is 242. The summed E-state index contributed by atoms with van der Waals surface area (Å²) >= 11 is 0. The second-order valence-electron chi connectivity index (χ2n) is 7.39. The summed E-state index contributed by atoms with van der Waals surface area (Å²) in [5.74, 6) is 2.87. The Morgan fingerprint density at radius 2 is 2.11 bits per heavy atom. The lowest BCUT2D eigenvalue weighted by atomic mass is 9.58. The minimum atomic E-state index is 0.721. The van der Waals surface area contributed by atoms with Crippen LogP contribution in [0.3, 0.4) is 0 Å². The zero-order chi connectivity index (χ0) is 13.0. The highest BCUT2D eigenvalue weighted by Crippen LogP contribution is 2.51. The van der Waals surface area contributed by atoms with Crippen molar-refractivity contribution >= 4 is 0 Å². The molecule has 1 spiro atoms. The molecule has 3 unspecified atom stereocenters. The van der Waals surface area contributed by atoms with Gasteiger partial charge in [-0.2, -0.15) is 0 Å². The van der Waals surface area contributed by atoms with E-state index in [1.54, 1.807) is 0 Å². The molecule has 1 N–H and O–H groups in total. The summed E-state index contributed by atoms with van der Waals surface area (Å²) in [7, 11) is 0. The fourth-order valence-electron chi connectivity index (χ4n) is 4.78. The quantitative estimate of drug-likeness (QED) is 0.769. The lowest BCUT2D eigenvalue weighted by Crippen LogP contribution is -2.47. The molecule has 1 aliphatic heterocycles. The molecule has 3 atom stereocenters. The first kappa shape index (κ1) is 14.4. The molecule has 1 heteroatoms. The van der Waals surface area contributed by atoms with Crippen molar-refractivity contribution in [3.63, 3.8) is 0 Å². The summed E-state index contributed by atoms with van der Waals surface area (Å²) < 4.78 is 0. The fraction of sp³-hybridized carbons (Fsp3) is 1.00. The lowest BCUT2D eigenvalue weighted by Gasteiger charge is -2.50. The van der Waals surface area contributed by atoms with Gasteiger partial charge in [-0.25, -0.2) is 0 Å². The van der Waals surface area contributed by atoms with Crippen LogP contribution in [0.5, 0.6) is 0 Å². The van der Waals surface area contributed by atoms with E-state index in [1.807, 2.05) is 0 Å². The molecule has 2 aliphatic rings. The van der Waals surface area contributed by atoms with Gasteiger partial charge in [-0.15, -0.1) is 0 Å². The Kier molecular flexibility index (Phi) is 5.12. The second-order valence-corrected chi connectivity index (χ2v) is 7.39. The Hall–Kier alpha value is -0.0400. The van der Waals surface area contributed by atoms with Crippen molar-refractivity contribution in [3.05, 3.63) is 0 Å². The van der Waals surface area contributed by atoms with Crippen molar-refractivity contribution in [2.75, 3.05) is 13.1 Å². The number of nitrogens with one attached hydrogen (secondary N) is 1. The van der Waals surface area contributed by atoms with Gasteiger partial charge in [0.15, 0.2) is 0 Å². The van der Waals surface area contributed by atoms with E-state index < -0.39 is 0 Å². The van der Waals surface area contributed by atoms with Gasteiger partial charge in [-0.1, -0.05) is 40.0 Å². The van der Waals surface area contributed by atoms with Crippen LogP contribution < -0.4 is 5.32 Å². The Balaban J connectivity index is 2.02. The van der Waals surface area contributed by atoms with Crippen LogP contribution in [0, 0.1) is 23.2 Å². The van der Waals surface area contributed by atoms with Crippen LogP contribution in [-0.2, 0) is 0 Å². The molecule has 0 aromatic rings. The first-order chi connectivity index (χ1) is 8.66. The molecule has 0 radical (unpaired) electrons. The molecular weight excluding hydrogens is 218 g/mol. The number of rotatable bonds is 4. The fourth-order valence-corrected chi connectivity index (χ4v) is 4.78.